The summed E-state index contributed by atoms with van der Waals surface area (Å²) < 4.78 is 5.97. The maximum atomic E-state index is 9.22. The van der Waals surface area contributed by atoms with Gasteiger partial charge < -0.3 is 9.84 Å². The van der Waals surface area contributed by atoms with E-state index in [4.69, 9.17) is 4.74 Å². The standard InChI is InChI=1S/C14H28O2/c1-11(16-14(4,5)10-15)12-7-6-8-13(2,3)9-12/h11-12,15H,6-10H2,1-5H3/t11-,12+/m1/s1. The van der Waals surface area contributed by atoms with Gasteiger partial charge in [-0.1, -0.05) is 20.3 Å². The SMILES string of the molecule is C[C@@H](OC(C)(C)CO)[C@H]1CCCC(C)(C)C1. The van der Waals surface area contributed by atoms with Crippen LogP contribution in [0, 0.1) is 11.3 Å². The Morgan fingerprint density at radius 1 is 1.44 bits per heavy atom. The van der Waals surface area contributed by atoms with Crippen LogP contribution < -0.4 is 0 Å². The van der Waals surface area contributed by atoms with E-state index in [1.54, 1.807) is 0 Å². The first-order valence-corrected chi connectivity index (χ1v) is 6.54. The van der Waals surface area contributed by atoms with Crippen molar-refractivity contribution in [2.24, 2.45) is 11.3 Å². The van der Waals surface area contributed by atoms with Gasteiger partial charge in [0.25, 0.3) is 0 Å². The maximum absolute atomic E-state index is 9.22. The zero-order chi connectivity index (χ0) is 12.4. The predicted molar refractivity (Wildman–Crippen MR) is 67.5 cm³/mol. The fraction of sp³-hybridized carbons (Fsp3) is 1.00. The largest absolute Gasteiger partial charge is 0.393 e. The zero-order valence-electron chi connectivity index (χ0n) is 11.5. The van der Waals surface area contributed by atoms with E-state index in [1.165, 1.54) is 25.7 Å². The van der Waals surface area contributed by atoms with Crippen LogP contribution in [-0.2, 0) is 4.74 Å². The van der Waals surface area contributed by atoms with Gasteiger partial charge in [-0.15, -0.1) is 0 Å². The van der Waals surface area contributed by atoms with Crippen molar-refractivity contribution in [1.29, 1.82) is 0 Å². The second-order valence-electron chi connectivity index (χ2n) is 6.76. The first-order chi connectivity index (χ1) is 7.26. The van der Waals surface area contributed by atoms with Gasteiger partial charge in [-0.05, 0) is 51.4 Å². The lowest BCUT2D eigenvalue weighted by atomic mass is 9.71. The van der Waals surface area contributed by atoms with Crippen LogP contribution in [-0.4, -0.2) is 23.4 Å². The van der Waals surface area contributed by atoms with Crippen LogP contribution in [0.15, 0.2) is 0 Å². The third kappa shape index (κ3) is 4.06. The summed E-state index contributed by atoms with van der Waals surface area (Å²) in [5.74, 6) is 0.648. The highest BCUT2D eigenvalue weighted by Crippen LogP contribution is 2.41. The molecule has 2 nitrogen and oxygen atoms in total. The molecule has 0 aliphatic heterocycles. The summed E-state index contributed by atoms with van der Waals surface area (Å²) in [6.45, 7) is 10.9. The van der Waals surface area contributed by atoms with E-state index in [2.05, 4.69) is 20.8 Å². The van der Waals surface area contributed by atoms with E-state index in [0.717, 1.165) is 0 Å². The molecule has 2 atom stereocenters. The smallest absolute Gasteiger partial charge is 0.0859 e. The Morgan fingerprint density at radius 2 is 2.06 bits per heavy atom. The second-order valence-corrected chi connectivity index (χ2v) is 6.76. The Labute approximate surface area is 100 Å². The molecule has 1 N–H and O–H groups in total. The van der Waals surface area contributed by atoms with E-state index in [1.807, 2.05) is 13.8 Å². The minimum atomic E-state index is -0.402. The van der Waals surface area contributed by atoms with Gasteiger partial charge in [0.2, 0.25) is 0 Å². The lowest BCUT2D eigenvalue weighted by Crippen LogP contribution is -2.38. The van der Waals surface area contributed by atoms with Crippen molar-refractivity contribution in [2.75, 3.05) is 6.61 Å². The Morgan fingerprint density at radius 3 is 2.56 bits per heavy atom. The maximum Gasteiger partial charge on any atom is 0.0859 e. The Balaban J connectivity index is 2.51. The third-order valence-corrected chi connectivity index (χ3v) is 3.79. The molecule has 0 aromatic carbocycles. The third-order valence-electron chi connectivity index (χ3n) is 3.79. The molecule has 1 saturated carbocycles. The molecule has 0 aromatic heterocycles. The molecule has 96 valence electrons. The summed E-state index contributed by atoms with van der Waals surface area (Å²) in [4.78, 5) is 0. The van der Waals surface area contributed by atoms with Gasteiger partial charge in [-0.2, -0.15) is 0 Å². The summed E-state index contributed by atoms with van der Waals surface area (Å²) in [6, 6.07) is 0. The molecule has 0 radical (unpaired) electrons. The van der Waals surface area contributed by atoms with Gasteiger partial charge >= 0.3 is 0 Å². The van der Waals surface area contributed by atoms with Crippen molar-refractivity contribution in [3.63, 3.8) is 0 Å². The summed E-state index contributed by atoms with van der Waals surface area (Å²) >= 11 is 0. The number of hydrogen-bond donors (Lipinski definition) is 1. The number of rotatable bonds is 4. The van der Waals surface area contributed by atoms with Crippen molar-refractivity contribution >= 4 is 0 Å². The number of aliphatic hydroxyl groups is 1. The molecule has 0 spiro atoms. The molecule has 0 amide bonds. The summed E-state index contributed by atoms with van der Waals surface area (Å²) in [5.41, 5.74) is 0.0604. The van der Waals surface area contributed by atoms with Crippen LogP contribution in [0.25, 0.3) is 0 Å². The van der Waals surface area contributed by atoms with E-state index >= 15 is 0 Å². The van der Waals surface area contributed by atoms with E-state index in [0.29, 0.717) is 11.3 Å². The average Bonchev–Trinajstić information content (AvgIpc) is 2.15. The van der Waals surface area contributed by atoms with Gasteiger partial charge in [0, 0.05) is 0 Å². The monoisotopic (exact) mass is 228 g/mol. The van der Waals surface area contributed by atoms with Crippen molar-refractivity contribution < 1.29 is 9.84 Å². The minimum absolute atomic E-state index is 0.0907. The van der Waals surface area contributed by atoms with Gasteiger partial charge in [0.15, 0.2) is 0 Å². The summed E-state index contributed by atoms with van der Waals surface area (Å²) in [5, 5.41) is 9.22. The lowest BCUT2D eigenvalue weighted by molar-refractivity contribution is -0.119. The van der Waals surface area contributed by atoms with Crippen LogP contribution in [0.5, 0.6) is 0 Å². The molecule has 1 aliphatic rings. The van der Waals surface area contributed by atoms with Crippen LogP contribution >= 0.6 is 0 Å². The highest BCUT2D eigenvalue weighted by Gasteiger charge is 2.33. The molecule has 1 rings (SSSR count). The first-order valence-electron chi connectivity index (χ1n) is 6.54. The molecule has 1 aliphatic carbocycles. The average molecular weight is 228 g/mol. The van der Waals surface area contributed by atoms with Crippen LogP contribution in [0.1, 0.15) is 60.3 Å². The Hall–Kier alpha value is -0.0800. The summed E-state index contributed by atoms with van der Waals surface area (Å²) in [6.07, 6.45) is 5.41. The zero-order valence-corrected chi connectivity index (χ0v) is 11.5. The molecule has 0 saturated heterocycles. The normalized spacial score (nSPS) is 27.8. The van der Waals surface area contributed by atoms with E-state index < -0.39 is 5.60 Å². The highest BCUT2D eigenvalue weighted by molar-refractivity contribution is 4.83. The number of hydrogen-bond acceptors (Lipinski definition) is 2. The van der Waals surface area contributed by atoms with Crippen molar-refractivity contribution in [3.05, 3.63) is 0 Å². The van der Waals surface area contributed by atoms with Gasteiger partial charge in [0.1, 0.15) is 0 Å². The molecule has 2 heteroatoms. The Bertz CT molecular complexity index is 221. The highest BCUT2D eigenvalue weighted by atomic mass is 16.5. The van der Waals surface area contributed by atoms with Crippen molar-refractivity contribution in [3.8, 4) is 0 Å². The molecule has 0 unspecified atom stereocenters. The molecular weight excluding hydrogens is 200 g/mol. The molecule has 16 heavy (non-hydrogen) atoms. The molecular formula is C14H28O2. The number of aliphatic hydroxyl groups excluding tert-OH is 1. The van der Waals surface area contributed by atoms with Crippen LogP contribution in [0.2, 0.25) is 0 Å². The molecule has 0 heterocycles. The van der Waals surface area contributed by atoms with Gasteiger partial charge in [-0.3, -0.25) is 0 Å². The van der Waals surface area contributed by atoms with Crippen molar-refractivity contribution in [2.45, 2.75) is 72.0 Å². The van der Waals surface area contributed by atoms with Crippen molar-refractivity contribution in [1.82, 2.24) is 0 Å². The fourth-order valence-corrected chi connectivity index (χ4v) is 2.79. The van der Waals surface area contributed by atoms with E-state index in [9.17, 15) is 5.11 Å². The minimum Gasteiger partial charge on any atom is -0.393 e. The summed E-state index contributed by atoms with van der Waals surface area (Å²) in [7, 11) is 0. The predicted octanol–water partition coefficient (Wildman–Crippen LogP) is 3.38. The Kier molecular flexibility index (Phi) is 4.42. The van der Waals surface area contributed by atoms with Gasteiger partial charge in [-0.25, -0.2) is 0 Å². The molecule has 1 fully saturated rings. The number of ether oxygens (including phenoxy) is 1. The fourth-order valence-electron chi connectivity index (χ4n) is 2.79. The first kappa shape index (κ1) is 14.0. The molecule has 0 bridgehead atoms. The van der Waals surface area contributed by atoms with Gasteiger partial charge in [0.05, 0.1) is 18.3 Å². The topological polar surface area (TPSA) is 29.5 Å². The van der Waals surface area contributed by atoms with Crippen LogP contribution in [0.4, 0.5) is 0 Å². The molecule has 0 aromatic rings. The lowest BCUT2D eigenvalue weighted by Gasteiger charge is -2.40. The second kappa shape index (κ2) is 5.05. The quantitative estimate of drug-likeness (QED) is 0.799. The van der Waals surface area contributed by atoms with E-state index in [-0.39, 0.29) is 12.7 Å². The van der Waals surface area contributed by atoms with Crippen LogP contribution in [0.3, 0.4) is 0 Å².